The first-order valence-corrected chi connectivity index (χ1v) is 13.4. The summed E-state index contributed by atoms with van der Waals surface area (Å²) < 4.78 is 5.70. The number of hydrogen-bond donors (Lipinski definition) is 5. The molecule has 4 aliphatic rings. The molecule has 194 valence electrons. The van der Waals surface area contributed by atoms with E-state index in [0.29, 0.717) is 24.6 Å². The van der Waals surface area contributed by atoms with Crippen LogP contribution in [-0.4, -0.2) is 92.3 Å². The largest absolute Gasteiger partial charge is 0.380 e. The molecular formula is C25H48N8O. The van der Waals surface area contributed by atoms with E-state index >= 15 is 0 Å². The molecule has 1 fully saturated rings. The third-order valence-electron chi connectivity index (χ3n) is 7.74. The van der Waals surface area contributed by atoms with Gasteiger partial charge in [-0.2, -0.15) is 0 Å². The Morgan fingerprint density at radius 3 is 2.62 bits per heavy atom. The van der Waals surface area contributed by atoms with Gasteiger partial charge in [0.1, 0.15) is 12.5 Å². The summed E-state index contributed by atoms with van der Waals surface area (Å²) in [5.74, 6) is 1.69. The molecule has 5 unspecified atom stereocenters. The SMILES string of the molecule is CCOCCN1NC(CC)C2=C1C(NC1=CC(C)CC(C)N1)NC(N(C)C1CCN(C)CC1)N2. The first-order chi connectivity index (χ1) is 16.4. The van der Waals surface area contributed by atoms with Crippen LogP contribution in [0.25, 0.3) is 0 Å². The van der Waals surface area contributed by atoms with Crippen LogP contribution in [0.5, 0.6) is 0 Å². The standard InChI is InChI=1S/C25H48N8O/c1-7-20-22-23(33(30-20)13-14-34-8-2)24(27-21-16-17(3)15-18(4)26-21)29-25(28-22)32(6)19-9-11-31(5)12-10-19/h16-20,24-30H,7-15H2,1-6H3. The molecule has 34 heavy (non-hydrogen) atoms. The fourth-order valence-corrected chi connectivity index (χ4v) is 5.81. The third-order valence-corrected chi connectivity index (χ3v) is 7.74. The van der Waals surface area contributed by atoms with Crippen molar-refractivity contribution in [1.82, 2.24) is 41.5 Å². The molecule has 1 saturated heterocycles. The predicted octanol–water partition coefficient (Wildman–Crippen LogP) is 1.11. The Hall–Kier alpha value is -1.52. The molecule has 0 aromatic rings. The number of nitrogens with one attached hydrogen (secondary N) is 5. The van der Waals surface area contributed by atoms with E-state index in [0.717, 1.165) is 38.5 Å². The maximum atomic E-state index is 5.70. The van der Waals surface area contributed by atoms with E-state index in [4.69, 9.17) is 4.74 Å². The molecule has 5 N–H and O–H groups in total. The molecule has 0 radical (unpaired) electrons. The zero-order valence-corrected chi connectivity index (χ0v) is 22.2. The Labute approximate surface area is 206 Å². The summed E-state index contributed by atoms with van der Waals surface area (Å²) >= 11 is 0. The number of rotatable bonds is 9. The Kier molecular flexibility index (Phi) is 8.63. The summed E-state index contributed by atoms with van der Waals surface area (Å²) in [4.78, 5) is 4.94. The molecule has 5 atom stereocenters. The topological polar surface area (TPSA) is 79.1 Å². The van der Waals surface area contributed by atoms with Gasteiger partial charge in [-0.25, -0.2) is 5.43 Å². The van der Waals surface area contributed by atoms with E-state index in [1.54, 1.807) is 0 Å². The smallest absolute Gasteiger partial charge is 0.136 e. The van der Waals surface area contributed by atoms with Crippen molar-refractivity contribution in [2.75, 3.05) is 46.9 Å². The quantitative estimate of drug-likeness (QED) is 0.315. The molecule has 0 saturated carbocycles. The molecule has 0 aromatic carbocycles. The van der Waals surface area contributed by atoms with E-state index in [-0.39, 0.29) is 18.5 Å². The lowest BCUT2D eigenvalue weighted by molar-refractivity contribution is 0.0614. The molecule has 4 rings (SSSR count). The number of hydrogen-bond acceptors (Lipinski definition) is 9. The number of hydrazine groups is 1. The van der Waals surface area contributed by atoms with E-state index in [1.165, 1.54) is 30.7 Å². The van der Waals surface area contributed by atoms with Crippen molar-refractivity contribution in [3.05, 3.63) is 23.3 Å². The highest BCUT2D eigenvalue weighted by Crippen LogP contribution is 2.28. The van der Waals surface area contributed by atoms with Gasteiger partial charge in [0.05, 0.1) is 36.4 Å². The highest BCUT2D eigenvalue weighted by atomic mass is 16.5. The molecule has 0 spiro atoms. The summed E-state index contributed by atoms with van der Waals surface area (Å²) in [7, 11) is 4.49. The van der Waals surface area contributed by atoms with Gasteiger partial charge in [0.2, 0.25) is 0 Å². The summed E-state index contributed by atoms with van der Waals surface area (Å²) in [6.45, 7) is 13.5. The van der Waals surface area contributed by atoms with Crippen molar-refractivity contribution in [3.63, 3.8) is 0 Å². The van der Waals surface area contributed by atoms with Crippen LogP contribution in [0.15, 0.2) is 23.3 Å². The van der Waals surface area contributed by atoms with Crippen molar-refractivity contribution in [2.45, 2.75) is 84.0 Å². The van der Waals surface area contributed by atoms with Crippen LogP contribution >= 0.6 is 0 Å². The van der Waals surface area contributed by atoms with Gasteiger partial charge in [-0.3, -0.25) is 10.2 Å². The van der Waals surface area contributed by atoms with Gasteiger partial charge in [-0.15, -0.1) is 0 Å². The average Bonchev–Trinajstić information content (AvgIpc) is 3.16. The van der Waals surface area contributed by atoms with Crippen molar-refractivity contribution < 1.29 is 4.74 Å². The van der Waals surface area contributed by atoms with Gasteiger partial charge < -0.3 is 30.6 Å². The monoisotopic (exact) mass is 476 g/mol. The normalized spacial score (nSPS) is 33.0. The van der Waals surface area contributed by atoms with Crippen LogP contribution < -0.4 is 26.7 Å². The minimum absolute atomic E-state index is 0.00288. The minimum atomic E-state index is -0.00288. The van der Waals surface area contributed by atoms with Gasteiger partial charge in [-0.05, 0) is 78.7 Å². The van der Waals surface area contributed by atoms with E-state index in [1.807, 2.05) is 0 Å². The van der Waals surface area contributed by atoms with Crippen molar-refractivity contribution in [2.24, 2.45) is 5.92 Å². The Bertz CT molecular complexity index is 734. The zero-order valence-electron chi connectivity index (χ0n) is 22.2. The molecule has 9 heteroatoms. The van der Waals surface area contributed by atoms with Gasteiger partial charge in [0.25, 0.3) is 0 Å². The first-order valence-electron chi connectivity index (χ1n) is 13.4. The number of nitrogens with zero attached hydrogens (tertiary/aromatic N) is 3. The van der Waals surface area contributed by atoms with Gasteiger partial charge in [0.15, 0.2) is 0 Å². The van der Waals surface area contributed by atoms with E-state index in [9.17, 15) is 0 Å². The molecule has 0 amide bonds. The molecule has 0 aliphatic carbocycles. The minimum Gasteiger partial charge on any atom is -0.380 e. The van der Waals surface area contributed by atoms with Crippen molar-refractivity contribution in [1.29, 1.82) is 0 Å². The number of allylic oxidation sites excluding steroid dienone is 1. The van der Waals surface area contributed by atoms with Crippen molar-refractivity contribution in [3.8, 4) is 0 Å². The summed E-state index contributed by atoms with van der Waals surface area (Å²) in [6, 6.07) is 1.32. The average molecular weight is 477 g/mol. The molecule has 0 bridgehead atoms. The Balaban J connectivity index is 1.57. The molecule has 4 aliphatic heterocycles. The van der Waals surface area contributed by atoms with Gasteiger partial charge in [-0.1, -0.05) is 13.8 Å². The highest BCUT2D eigenvalue weighted by molar-refractivity contribution is 5.30. The molecular weight excluding hydrogens is 428 g/mol. The second-order valence-corrected chi connectivity index (χ2v) is 10.6. The maximum Gasteiger partial charge on any atom is 0.136 e. The van der Waals surface area contributed by atoms with Crippen LogP contribution in [0, 0.1) is 5.92 Å². The summed E-state index contributed by atoms with van der Waals surface area (Å²) in [5.41, 5.74) is 6.30. The van der Waals surface area contributed by atoms with Crippen LogP contribution in [0.3, 0.4) is 0 Å². The lowest BCUT2D eigenvalue weighted by atomic mass is 9.99. The lowest BCUT2D eigenvalue weighted by Crippen LogP contribution is -2.67. The van der Waals surface area contributed by atoms with Crippen LogP contribution in [0.1, 0.15) is 53.4 Å². The zero-order chi connectivity index (χ0) is 24.2. The summed E-state index contributed by atoms with van der Waals surface area (Å²) in [6.07, 6.45) is 7.01. The summed E-state index contributed by atoms with van der Waals surface area (Å²) in [5, 5.41) is 17.6. The second-order valence-electron chi connectivity index (χ2n) is 10.6. The molecule has 9 nitrogen and oxygen atoms in total. The van der Waals surface area contributed by atoms with Crippen LogP contribution in [0.4, 0.5) is 0 Å². The van der Waals surface area contributed by atoms with Gasteiger partial charge >= 0.3 is 0 Å². The fourth-order valence-electron chi connectivity index (χ4n) is 5.81. The van der Waals surface area contributed by atoms with Crippen molar-refractivity contribution >= 4 is 0 Å². The maximum absolute atomic E-state index is 5.70. The Morgan fingerprint density at radius 2 is 1.94 bits per heavy atom. The number of ether oxygens (including phenoxy) is 1. The number of piperidine rings is 1. The lowest BCUT2D eigenvalue weighted by Gasteiger charge is -2.45. The predicted molar refractivity (Wildman–Crippen MR) is 137 cm³/mol. The second kappa shape index (κ2) is 11.5. The number of likely N-dealkylation sites (tertiary alicyclic amines) is 1. The Morgan fingerprint density at radius 1 is 1.18 bits per heavy atom. The van der Waals surface area contributed by atoms with Crippen LogP contribution in [0.2, 0.25) is 0 Å². The van der Waals surface area contributed by atoms with Crippen LogP contribution in [-0.2, 0) is 4.74 Å². The fraction of sp³-hybridized carbons (Fsp3) is 0.840. The van der Waals surface area contributed by atoms with E-state index in [2.05, 4.69) is 89.4 Å². The highest BCUT2D eigenvalue weighted by Gasteiger charge is 2.42. The first kappa shape index (κ1) is 25.6. The van der Waals surface area contributed by atoms with Gasteiger partial charge in [0, 0.05) is 18.7 Å². The molecule has 4 heterocycles. The third kappa shape index (κ3) is 5.82. The molecule has 0 aromatic heterocycles. The van der Waals surface area contributed by atoms with E-state index < -0.39 is 0 Å².